The van der Waals surface area contributed by atoms with Crippen LogP contribution in [-0.2, 0) is 0 Å². The minimum atomic E-state index is 0.517. The summed E-state index contributed by atoms with van der Waals surface area (Å²) in [6, 6.07) is 8.69. The van der Waals surface area contributed by atoms with Crippen LogP contribution in [0, 0.1) is 0 Å². The van der Waals surface area contributed by atoms with Crippen LogP contribution in [0.15, 0.2) is 30.6 Å². The number of nitrogens with zero attached hydrogens (tertiary/aromatic N) is 5. The lowest BCUT2D eigenvalue weighted by molar-refractivity contribution is 0.261. The first-order valence-electron chi connectivity index (χ1n) is 6.60. The summed E-state index contributed by atoms with van der Waals surface area (Å²) in [5.74, 6) is 0. The number of rotatable bonds is 3. The van der Waals surface area contributed by atoms with Crippen molar-refractivity contribution in [2.75, 3.05) is 25.5 Å². The number of likely N-dealkylation sites (tertiary alicyclic amines) is 1. The molecule has 1 unspecified atom stereocenters. The van der Waals surface area contributed by atoms with Gasteiger partial charge in [0.25, 0.3) is 0 Å². The normalized spacial score (nSPS) is 20.4. The van der Waals surface area contributed by atoms with Gasteiger partial charge in [-0.05, 0) is 55.1 Å². The molecule has 100 valence electrons. The first-order chi connectivity index (χ1) is 9.31. The second-order valence-electron chi connectivity index (χ2n) is 5.05. The maximum Gasteiger partial charge on any atom is 0.143 e. The van der Waals surface area contributed by atoms with Crippen LogP contribution in [0.3, 0.4) is 0 Å². The summed E-state index contributed by atoms with van der Waals surface area (Å²) in [5, 5.41) is 14.8. The lowest BCUT2D eigenvalue weighted by Gasteiger charge is -2.31. The fourth-order valence-corrected chi connectivity index (χ4v) is 2.54. The molecule has 1 aromatic carbocycles. The Bertz CT molecular complexity index is 524. The van der Waals surface area contributed by atoms with Gasteiger partial charge in [-0.1, -0.05) is 6.07 Å². The van der Waals surface area contributed by atoms with Crippen molar-refractivity contribution >= 4 is 5.69 Å². The molecule has 0 spiro atoms. The molecule has 0 aliphatic carbocycles. The van der Waals surface area contributed by atoms with Crippen LogP contribution in [0.25, 0.3) is 5.69 Å². The van der Waals surface area contributed by atoms with E-state index in [1.807, 2.05) is 12.1 Å². The lowest BCUT2D eigenvalue weighted by Crippen LogP contribution is -2.39. The van der Waals surface area contributed by atoms with Gasteiger partial charge in [0.2, 0.25) is 0 Å². The number of hydrogen-bond donors (Lipinski definition) is 1. The van der Waals surface area contributed by atoms with Gasteiger partial charge >= 0.3 is 0 Å². The molecule has 3 rings (SSSR count). The van der Waals surface area contributed by atoms with Crippen LogP contribution in [0.4, 0.5) is 5.69 Å². The molecule has 1 aromatic heterocycles. The van der Waals surface area contributed by atoms with Crippen LogP contribution in [0.5, 0.6) is 0 Å². The average molecular weight is 258 g/mol. The van der Waals surface area contributed by atoms with Gasteiger partial charge in [-0.2, -0.15) is 0 Å². The summed E-state index contributed by atoms with van der Waals surface area (Å²) in [7, 11) is 2.17. The van der Waals surface area contributed by atoms with Crippen molar-refractivity contribution in [1.29, 1.82) is 0 Å². The van der Waals surface area contributed by atoms with Crippen molar-refractivity contribution in [3.8, 4) is 5.69 Å². The highest BCUT2D eigenvalue weighted by atomic mass is 15.5. The van der Waals surface area contributed by atoms with Crippen molar-refractivity contribution in [2.24, 2.45) is 0 Å². The first kappa shape index (κ1) is 12.1. The van der Waals surface area contributed by atoms with E-state index in [4.69, 9.17) is 0 Å². The summed E-state index contributed by atoms with van der Waals surface area (Å²) >= 11 is 0. The third kappa shape index (κ3) is 2.90. The number of nitrogens with one attached hydrogen (secondary N) is 1. The Labute approximate surface area is 112 Å². The third-order valence-electron chi connectivity index (χ3n) is 3.45. The molecule has 6 nitrogen and oxygen atoms in total. The van der Waals surface area contributed by atoms with Gasteiger partial charge < -0.3 is 10.2 Å². The highest BCUT2D eigenvalue weighted by Crippen LogP contribution is 2.17. The largest absolute Gasteiger partial charge is 0.381 e. The number of hydrogen-bond acceptors (Lipinski definition) is 5. The fraction of sp³-hybridized carbons (Fsp3) is 0.462. The van der Waals surface area contributed by atoms with E-state index in [1.165, 1.54) is 19.4 Å². The van der Waals surface area contributed by atoms with Gasteiger partial charge in [-0.15, -0.1) is 5.10 Å². The molecule has 0 bridgehead atoms. The van der Waals surface area contributed by atoms with Gasteiger partial charge in [0.15, 0.2) is 0 Å². The zero-order valence-electron chi connectivity index (χ0n) is 11.0. The Balaban J connectivity index is 1.73. The van der Waals surface area contributed by atoms with E-state index in [2.05, 4.69) is 44.9 Å². The predicted molar refractivity (Wildman–Crippen MR) is 73.3 cm³/mol. The summed E-state index contributed by atoms with van der Waals surface area (Å²) in [5.41, 5.74) is 2.09. The number of tetrazole rings is 1. The number of aromatic nitrogens is 4. The molecule has 1 N–H and O–H groups in total. The maximum atomic E-state index is 3.91. The molecule has 0 radical (unpaired) electrons. The Morgan fingerprint density at radius 2 is 2.32 bits per heavy atom. The molecule has 1 fully saturated rings. The van der Waals surface area contributed by atoms with Crippen LogP contribution >= 0.6 is 0 Å². The topological polar surface area (TPSA) is 58.9 Å². The van der Waals surface area contributed by atoms with E-state index in [1.54, 1.807) is 11.0 Å². The molecule has 1 atom stereocenters. The molecule has 6 heteroatoms. The van der Waals surface area contributed by atoms with Crippen LogP contribution in [-0.4, -0.2) is 51.3 Å². The average Bonchev–Trinajstić information content (AvgIpc) is 2.93. The standard InChI is InChI=1S/C13H18N6/c1-18-7-3-5-12(9-18)15-11-4-2-6-13(8-11)19-10-14-16-17-19/h2,4,6,8,10,12,15H,3,5,7,9H2,1H3. The Hall–Kier alpha value is -1.95. The zero-order valence-corrected chi connectivity index (χ0v) is 11.0. The maximum absolute atomic E-state index is 3.91. The summed E-state index contributed by atoms with van der Waals surface area (Å²) in [6.45, 7) is 2.29. The quantitative estimate of drug-likeness (QED) is 0.895. The first-order valence-corrected chi connectivity index (χ1v) is 6.60. The van der Waals surface area contributed by atoms with Gasteiger partial charge in [-0.25, -0.2) is 4.68 Å². The van der Waals surface area contributed by atoms with Crippen LogP contribution in [0.1, 0.15) is 12.8 Å². The zero-order chi connectivity index (χ0) is 13.1. The summed E-state index contributed by atoms with van der Waals surface area (Å²) < 4.78 is 1.66. The van der Waals surface area contributed by atoms with E-state index >= 15 is 0 Å². The molecular formula is C13H18N6. The number of benzene rings is 1. The van der Waals surface area contributed by atoms with Crippen molar-refractivity contribution in [1.82, 2.24) is 25.1 Å². The van der Waals surface area contributed by atoms with Gasteiger partial charge in [0.1, 0.15) is 6.33 Å². The molecule has 2 aromatic rings. The molecular weight excluding hydrogens is 240 g/mol. The lowest BCUT2D eigenvalue weighted by atomic mass is 10.1. The van der Waals surface area contributed by atoms with Crippen molar-refractivity contribution in [3.05, 3.63) is 30.6 Å². The predicted octanol–water partition coefficient (Wildman–Crippen LogP) is 1.17. The van der Waals surface area contributed by atoms with Crippen LogP contribution < -0.4 is 5.32 Å². The minimum absolute atomic E-state index is 0.517. The van der Waals surface area contributed by atoms with E-state index in [0.717, 1.165) is 17.9 Å². The number of piperidine rings is 1. The highest BCUT2D eigenvalue weighted by molar-refractivity contribution is 5.51. The summed E-state index contributed by atoms with van der Waals surface area (Å²) in [4.78, 5) is 2.37. The monoisotopic (exact) mass is 258 g/mol. The van der Waals surface area contributed by atoms with E-state index in [9.17, 15) is 0 Å². The Kier molecular flexibility index (Phi) is 3.41. The Morgan fingerprint density at radius 1 is 1.37 bits per heavy atom. The van der Waals surface area contributed by atoms with E-state index in [0.29, 0.717) is 6.04 Å². The number of anilines is 1. The van der Waals surface area contributed by atoms with Crippen molar-refractivity contribution < 1.29 is 0 Å². The van der Waals surface area contributed by atoms with Crippen molar-refractivity contribution in [2.45, 2.75) is 18.9 Å². The third-order valence-corrected chi connectivity index (χ3v) is 3.45. The fourth-order valence-electron chi connectivity index (χ4n) is 2.54. The number of likely N-dealkylation sites (N-methyl/N-ethyl adjacent to an activating group) is 1. The Morgan fingerprint density at radius 3 is 3.11 bits per heavy atom. The molecule has 1 saturated heterocycles. The molecule has 0 saturated carbocycles. The molecule has 1 aliphatic heterocycles. The van der Waals surface area contributed by atoms with Crippen molar-refractivity contribution in [3.63, 3.8) is 0 Å². The molecule has 0 amide bonds. The van der Waals surface area contributed by atoms with E-state index in [-0.39, 0.29) is 0 Å². The molecule has 19 heavy (non-hydrogen) atoms. The van der Waals surface area contributed by atoms with Gasteiger partial charge in [-0.3, -0.25) is 0 Å². The van der Waals surface area contributed by atoms with Crippen LogP contribution in [0.2, 0.25) is 0 Å². The molecule has 2 heterocycles. The minimum Gasteiger partial charge on any atom is -0.381 e. The molecule has 1 aliphatic rings. The second kappa shape index (κ2) is 5.36. The van der Waals surface area contributed by atoms with E-state index < -0.39 is 0 Å². The second-order valence-corrected chi connectivity index (χ2v) is 5.05. The SMILES string of the molecule is CN1CCCC(Nc2cccc(-n3cnnn3)c2)C1. The van der Waals surface area contributed by atoms with Gasteiger partial charge in [0.05, 0.1) is 5.69 Å². The smallest absolute Gasteiger partial charge is 0.143 e. The van der Waals surface area contributed by atoms with Gasteiger partial charge in [0, 0.05) is 18.3 Å². The highest BCUT2D eigenvalue weighted by Gasteiger charge is 2.16. The summed E-state index contributed by atoms with van der Waals surface area (Å²) in [6.07, 6.45) is 4.08.